The van der Waals surface area contributed by atoms with Gasteiger partial charge in [-0.3, -0.25) is 0 Å². The molecule has 0 N–H and O–H groups in total. The number of pyridine rings is 1. The van der Waals surface area contributed by atoms with Crippen LogP contribution in [0.1, 0.15) is 17.6 Å². The Morgan fingerprint density at radius 3 is 2.27 bits per heavy atom. The monoisotopic (exact) mass is 357 g/mol. The summed E-state index contributed by atoms with van der Waals surface area (Å²) in [6, 6.07) is 0.321. The van der Waals surface area contributed by atoms with Crippen LogP contribution in [0.2, 0.25) is 5.15 Å². The van der Waals surface area contributed by atoms with Crippen molar-refractivity contribution in [3.63, 3.8) is 0 Å². The molecular weight excluding hydrogens is 355 g/mol. The van der Waals surface area contributed by atoms with Crippen LogP contribution in [0.25, 0.3) is 0 Å². The van der Waals surface area contributed by atoms with Crippen LogP contribution in [-0.4, -0.2) is 4.98 Å². The highest BCUT2D eigenvalue weighted by Crippen LogP contribution is 2.36. The maximum atomic E-state index is 12.3. The smallest absolute Gasteiger partial charge is 0.229 e. The number of aromatic nitrogens is 1. The molecule has 1 rings (SSSR count). The van der Waals surface area contributed by atoms with Crippen LogP contribution in [-0.2, 0) is 6.18 Å². The zero-order valence-corrected chi connectivity index (χ0v) is 9.66. The Bertz CT molecular complexity index is 378. The van der Waals surface area contributed by atoms with Gasteiger partial charge in [-0.15, -0.1) is 0 Å². The van der Waals surface area contributed by atoms with Gasteiger partial charge in [0.05, 0.1) is 11.1 Å². The molecule has 0 fully saturated rings. The summed E-state index contributed by atoms with van der Waals surface area (Å²) in [6.07, 6.45) is -7.79. The Morgan fingerprint density at radius 2 is 1.87 bits per heavy atom. The Kier molecular flexibility index (Phi) is 3.75. The lowest BCUT2D eigenvalue weighted by Gasteiger charge is -2.11. The SMILES string of the molecule is FC(F)c1cc(C(F)(F)F)c(I)nc1Cl. The maximum absolute atomic E-state index is 12.3. The molecule has 1 nitrogen and oxygen atoms in total. The molecule has 0 aliphatic rings. The molecule has 0 aliphatic carbocycles. The highest BCUT2D eigenvalue weighted by atomic mass is 127. The lowest BCUT2D eigenvalue weighted by Crippen LogP contribution is -2.10. The van der Waals surface area contributed by atoms with Crippen molar-refractivity contribution in [3.05, 3.63) is 26.0 Å². The molecule has 0 saturated heterocycles. The van der Waals surface area contributed by atoms with E-state index in [0.29, 0.717) is 6.07 Å². The van der Waals surface area contributed by atoms with Gasteiger partial charge < -0.3 is 0 Å². The molecule has 1 aromatic rings. The van der Waals surface area contributed by atoms with Gasteiger partial charge >= 0.3 is 6.18 Å². The lowest BCUT2D eigenvalue weighted by molar-refractivity contribution is -0.138. The molecule has 1 aromatic heterocycles. The average molecular weight is 357 g/mol. The van der Waals surface area contributed by atoms with Crippen molar-refractivity contribution < 1.29 is 22.0 Å². The zero-order valence-electron chi connectivity index (χ0n) is 6.75. The summed E-state index contributed by atoms with van der Waals surface area (Å²) in [4.78, 5) is 3.21. The fourth-order valence-electron chi connectivity index (χ4n) is 0.837. The maximum Gasteiger partial charge on any atom is 0.418 e. The fraction of sp³-hybridized carbons (Fsp3) is 0.286. The molecule has 0 atom stereocenters. The van der Waals surface area contributed by atoms with Crippen molar-refractivity contribution in [1.29, 1.82) is 0 Å². The number of halogens is 7. The van der Waals surface area contributed by atoms with Crippen molar-refractivity contribution in [2.75, 3.05) is 0 Å². The summed E-state index contributed by atoms with van der Waals surface area (Å²) in [7, 11) is 0. The van der Waals surface area contributed by atoms with Crippen LogP contribution in [0.4, 0.5) is 22.0 Å². The van der Waals surface area contributed by atoms with E-state index in [-0.39, 0.29) is 0 Å². The molecule has 1 heterocycles. The lowest BCUT2D eigenvalue weighted by atomic mass is 10.2. The van der Waals surface area contributed by atoms with Crippen LogP contribution < -0.4 is 0 Å². The Hall–Kier alpha value is -0.180. The van der Waals surface area contributed by atoms with Gasteiger partial charge in [-0.1, -0.05) is 11.6 Å². The van der Waals surface area contributed by atoms with E-state index in [9.17, 15) is 22.0 Å². The molecule has 0 saturated carbocycles. The van der Waals surface area contributed by atoms with E-state index >= 15 is 0 Å². The van der Waals surface area contributed by atoms with Gasteiger partial charge in [0.15, 0.2) is 0 Å². The summed E-state index contributed by atoms with van der Waals surface area (Å²) in [5.74, 6) is 0. The van der Waals surface area contributed by atoms with E-state index in [2.05, 4.69) is 4.98 Å². The second kappa shape index (κ2) is 4.36. The summed E-state index contributed by atoms with van der Waals surface area (Å²) < 4.78 is 60.9. The van der Waals surface area contributed by atoms with Crippen molar-refractivity contribution in [1.82, 2.24) is 4.98 Å². The number of hydrogen-bond acceptors (Lipinski definition) is 1. The first-order valence-electron chi connectivity index (χ1n) is 3.44. The van der Waals surface area contributed by atoms with Crippen LogP contribution in [0.3, 0.4) is 0 Å². The van der Waals surface area contributed by atoms with E-state index in [4.69, 9.17) is 11.6 Å². The molecule has 0 aromatic carbocycles. The summed E-state index contributed by atoms with van der Waals surface area (Å²) in [6.45, 7) is 0. The number of alkyl halides is 5. The molecule has 84 valence electrons. The largest absolute Gasteiger partial charge is 0.418 e. The molecule has 0 aliphatic heterocycles. The molecule has 8 heteroatoms. The van der Waals surface area contributed by atoms with Crippen LogP contribution in [0.5, 0.6) is 0 Å². The Balaban J connectivity index is 3.37. The highest BCUT2D eigenvalue weighted by Gasteiger charge is 2.35. The van der Waals surface area contributed by atoms with E-state index in [1.54, 1.807) is 0 Å². The molecule has 0 spiro atoms. The first kappa shape index (κ1) is 12.9. The predicted octanol–water partition coefficient (Wildman–Crippen LogP) is 4.30. The third-order valence-corrected chi connectivity index (χ3v) is 2.62. The van der Waals surface area contributed by atoms with Gasteiger partial charge in [0.1, 0.15) is 8.85 Å². The first-order valence-corrected chi connectivity index (χ1v) is 4.90. The molecule has 0 amide bonds. The Morgan fingerprint density at radius 1 is 1.33 bits per heavy atom. The van der Waals surface area contributed by atoms with Crippen molar-refractivity contribution in [2.24, 2.45) is 0 Å². The summed E-state index contributed by atoms with van der Waals surface area (Å²) in [5, 5.41) is -0.609. The van der Waals surface area contributed by atoms with Crippen molar-refractivity contribution >= 4 is 34.2 Å². The predicted molar refractivity (Wildman–Crippen MR) is 51.9 cm³/mol. The van der Waals surface area contributed by atoms with E-state index in [0.717, 1.165) is 0 Å². The van der Waals surface area contributed by atoms with Gasteiger partial charge in [-0.25, -0.2) is 13.8 Å². The highest BCUT2D eigenvalue weighted by molar-refractivity contribution is 14.1. The van der Waals surface area contributed by atoms with E-state index in [1.165, 1.54) is 22.6 Å². The zero-order chi connectivity index (χ0) is 11.8. The van der Waals surface area contributed by atoms with Crippen LogP contribution in [0.15, 0.2) is 6.07 Å². The minimum atomic E-state index is -4.71. The van der Waals surface area contributed by atoms with Gasteiger partial charge in [-0.05, 0) is 28.7 Å². The van der Waals surface area contributed by atoms with Gasteiger partial charge in [-0.2, -0.15) is 13.2 Å². The normalized spacial score (nSPS) is 12.3. The third-order valence-electron chi connectivity index (χ3n) is 1.50. The van der Waals surface area contributed by atoms with E-state index < -0.39 is 32.6 Å². The van der Waals surface area contributed by atoms with Gasteiger partial charge in [0.2, 0.25) is 0 Å². The number of hydrogen-bond donors (Lipinski definition) is 0. The fourth-order valence-corrected chi connectivity index (χ4v) is 1.90. The molecule has 0 unspecified atom stereocenters. The van der Waals surface area contributed by atoms with Crippen LogP contribution >= 0.6 is 34.2 Å². The number of rotatable bonds is 1. The van der Waals surface area contributed by atoms with Crippen LogP contribution in [0, 0.1) is 3.70 Å². The van der Waals surface area contributed by atoms with Gasteiger partial charge in [0, 0.05) is 0 Å². The standard InChI is InChI=1S/C7H2ClF5IN/c8-4-2(5(9)10)1-3(6(14)15-4)7(11,12)13/h1,5H. The minimum absolute atomic E-state index is 0.321. The van der Waals surface area contributed by atoms with Gasteiger partial charge in [0.25, 0.3) is 6.43 Å². The minimum Gasteiger partial charge on any atom is -0.229 e. The molecule has 15 heavy (non-hydrogen) atoms. The van der Waals surface area contributed by atoms with Crippen molar-refractivity contribution in [2.45, 2.75) is 12.6 Å². The molecule has 0 radical (unpaired) electrons. The summed E-state index contributed by atoms with van der Waals surface area (Å²) in [5.41, 5.74) is -2.12. The number of nitrogens with zero attached hydrogens (tertiary/aromatic N) is 1. The molecule has 0 bridgehead atoms. The van der Waals surface area contributed by atoms with Crippen molar-refractivity contribution in [3.8, 4) is 0 Å². The third kappa shape index (κ3) is 2.90. The molecular formula is C7H2ClF5IN. The Labute approximate surface area is 99.8 Å². The first-order chi connectivity index (χ1) is 6.73. The second-order valence-electron chi connectivity index (χ2n) is 2.51. The topological polar surface area (TPSA) is 12.9 Å². The second-order valence-corrected chi connectivity index (χ2v) is 3.89. The average Bonchev–Trinajstić information content (AvgIpc) is 2.00. The quantitative estimate of drug-likeness (QED) is 0.415. The summed E-state index contributed by atoms with van der Waals surface area (Å²) >= 11 is 6.57. The van der Waals surface area contributed by atoms with E-state index in [1.807, 2.05) is 0 Å².